The highest BCUT2D eigenvalue weighted by molar-refractivity contribution is 8.00. The number of rotatable bonds is 26. The van der Waals surface area contributed by atoms with Gasteiger partial charge in [0.25, 0.3) is 11.6 Å². The Balaban J connectivity index is 1.03. The number of thiazole rings is 1. The molecule has 0 saturated carbocycles. The maximum Gasteiger partial charge on any atom is 0.262 e. The lowest BCUT2D eigenvalue weighted by molar-refractivity contribution is -0.584. The third-order valence-electron chi connectivity index (χ3n) is 30.6. The molecule has 14 aromatic heterocycles. The van der Waals surface area contributed by atoms with Crippen molar-refractivity contribution >= 4 is 63.8 Å². The second-order valence-electron chi connectivity index (χ2n) is 36.1. The number of hydrazine groups is 2. The zero-order chi connectivity index (χ0) is 92.2. The SMILES string of the molecule is C1=COC(C2(c3csnn3)OC(c3c[nH]nn3)(C3NCCS3)C(c3conn3)(c3ccsn3)N(C3(c4ccon4)OC(c4ncc[nH]4)(N4C=NCC4)C(c4cc[nH]n4)(N4CCNC4)OC3(N3CC=CN3)N3CCCN3)C2(c2ccccn2)N2C(c3ncco3)(c3nccs3)C(c3ncc[nH]3)(C3OCCO3)C(N3C=CCC3)(N3CCCC3)C(c3ccc[nH]3)(c3cccs3)C2(c2ccco2)N2CCC2)C=C1. The van der Waals surface area contributed by atoms with Crippen LogP contribution in [0.25, 0.3) is 0 Å². The Morgan fingerprint density at radius 3 is 2.14 bits per heavy atom. The van der Waals surface area contributed by atoms with E-state index in [4.69, 9.17) is 107 Å². The van der Waals surface area contributed by atoms with Gasteiger partial charge < -0.3 is 87.1 Å². The summed E-state index contributed by atoms with van der Waals surface area (Å²) in [7, 11) is 0. The first-order valence-electron chi connectivity index (χ1n) is 46.7. The molecule has 9 N–H and O–H groups in total. The molecule has 0 amide bonds. The van der Waals surface area contributed by atoms with E-state index in [0.29, 0.717) is 105 Å². The van der Waals surface area contributed by atoms with Crippen molar-refractivity contribution in [1.29, 1.82) is 0 Å². The van der Waals surface area contributed by atoms with Crippen LogP contribution in [0.3, 0.4) is 0 Å². The number of morpholine rings is 1. The van der Waals surface area contributed by atoms with Crippen LogP contribution in [0.5, 0.6) is 0 Å². The third-order valence-corrected chi connectivity index (χ3v) is 34.8. The highest BCUT2D eigenvalue weighted by Crippen LogP contribution is 2.86. The number of furan rings is 1. The number of aromatic amines is 5. The van der Waals surface area contributed by atoms with Crippen LogP contribution in [0.1, 0.15) is 111 Å². The molecule has 139 heavy (non-hydrogen) atoms. The number of allylic oxidation sites excluding steroid dienone is 2. The second kappa shape index (κ2) is 33.1. The number of hydrogen-bond donors (Lipinski definition) is 9. The number of thioether (sulfide) groups is 1. The minimum absolute atomic E-state index is 0.00901. The van der Waals surface area contributed by atoms with Crippen molar-refractivity contribution in [3.05, 3.63) is 309 Å². The lowest BCUT2D eigenvalue weighted by atomic mass is 9.40. The maximum absolute atomic E-state index is 10.6. The normalized spacial score (nSPS) is 35.0. The average Bonchev–Trinajstić information content (AvgIpc) is 1.31. The van der Waals surface area contributed by atoms with Crippen LogP contribution in [-0.4, -0.2) is 286 Å². The number of hydrogen-bond acceptors (Lipinski definition) is 43. The first-order chi connectivity index (χ1) is 68.9. The van der Waals surface area contributed by atoms with Crippen molar-refractivity contribution in [2.45, 2.75) is 123 Å². The molecule has 0 bridgehead atoms. The van der Waals surface area contributed by atoms with Crippen molar-refractivity contribution in [2.24, 2.45) is 4.99 Å². The van der Waals surface area contributed by atoms with Gasteiger partial charge in [-0.15, -0.1) is 49.7 Å². The first-order valence-corrected chi connectivity index (χ1v) is 51.2. The molecular weight excluding hydrogens is 1880 g/mol. The Hall–Kier alpha value is -11.9. The summed E-state index contributed by atoms with van der Waals surface area (Å²) in [5, 5.41) is 64.8. The van der Waals surface area contributed by atoms with Gasteiger partial charge in [-0.2, -0.15) is 19.5 Å². The molecule has 0 spiro atoms. The Morgan fingerprint density at radius 1 is 0.576 bits per heavy atom. The van der Waals surface area contributed by atoms with Gasteiger partial charge in [-0.3, -0.25) is 40.3 Å². The smallest absolute Gasteiger partial charge is 0.262 e. The number of thiophene rings is 1. The first kappa shape index (κ1) is 86.3. The number of piperidine rings is 1. The van der Waals surface area contributed by atoms with Crippen LogP contribution >= 0.6 is 57.5 Å². The van der Waals surface area contributed by atoms with Crippen molar-refractivity contribution < 1.29 is 46.3 Å². The summed E-state index contributed by atoms with van der Waals surface area (Å²) >= 11 is 6.80. The molecule has 9 saturated heterocycles. The van der Waals surface area contributed by atoms with Gasteiger partial charge in [-0.1, -0.05) is 45.2 Å². The Morgan fingerprint density at radius 2 is 1.50 bits per heavy atom. The van der Waals surface area contributed by atoms with Crippen molar-refractivity contribution in [1.82, 2.24) is 161 Å². The maximum atomic E-state index is 10.6. The number of nitrogens with zero attached hydrogens (tertiary/aromatic N) is 24. The van der Waals surface area contributed by atoms with E-state index in [1.54, 1.807) is 91.6 Å². The fraction of sp³-hybridized carbons (Fsp3) is 0.418. The standard InChI is InChI=1S/C91H95N33O10S5/c1-3-23-95-64(15-1)85(123-82(75-100-34-50-127-75,76-101-35-55-136-76)80(73-96-28-29-97-73,78-128-51-52-129-78)90(117-37-4-5-38-117,118-39-6-7-40-118)79(62-16-9-24-94-62,72-19-11-53-135-72)86(123,116-41-14-42-116)71-18-10-48-126-71)83(69-59-139-115-110-69,70-17-2-8-47-125-70)132-84(67-57-104-113-108-67,77-102-36-56-137-77)81(63-22-54-138-112-63,68-58-131-114-109-68)124(85)88(66-21-49-130-111-66)91(121-43-12-25-105-121,122-44-13-26-106-122)134-87(65-20-27-103-107-65,119-45-32-92-60-119)89(133-88,74-98-30-31-99-74)120-46-33-93-61-120/h1-4,8-12,15-25,27-31,34-35,37,47-50,53-55,57-59,61,70,77-78,92,94,102,105-106H,5-7,13-14,26,32-33,36,38-46,51-52,56,60H2,(H,96,97)(H,98,99)(H,103,107)(H,104,108,113). The van der Waals surface area contributed by atoms with E-state index in [0.717, 1.165) is 16.4 Å². The van der Waals surface area contributed by atoms with Crippen molar-refractivity contribution in [2.75, 3.05) is 111 Å². The molecule has 48 heteroatoms. The van der Waals surface area contributed by atoms with E-state index in [-0.39, 0.29) is 112 Å². The molecule has 15 atom stereocenters. The lowest BCUT2D eigenvalue weighted by Crippen LogP contribution is -3.03. The Labute approximate surface area is 813 Å². The molecule has 43 nitrogen and oxygen atoms in total. The number of pyridine rings is 1. The molecule has 13 aliphatic heterocycles. The lowest BCUT2D eigenvalue weighted by Gasteiger charge is -2.86. The van der Waals surface area contributed by atoms with Gasteiger partial charge in [0.2, 0.25) is 17.3 Å². The summed E-state index contributed by atoms with van der Waals surface area (Å²) in [6.07, 6.45) is 42.2. The largest absolute Gasteiger partial charge is 0.490 e. The van der Waals surface area contributed by atoms with Gasteiger partial charge in [0.1, 0.15) is 74.9 Å². The van der Waals surface area contributed by atoms with Crippen LogP contribution in [0.4, 0.5) is 0 Å². The predicted molar refractivity (Wildman–Crippen MR) is 498 cm³/mol. The summed E-state index contributed by atoms with van der Waals surface area (Å²) in [6.45, 7) is 3.84. The summed E-state index contributed by atoms with van der Waals surface area (Å²) in [4.78, 5) is 66.3. The predicted octanol–water partition coefficient (Wildman–Crippen LogP) is 6.96. The minimum Gasteiger partial charge on any atom is -0.490 e. The van der Waals surface area contributed by atoms with E-state index in [2.05, 4.69) is 139 Å². The molecule has 27 rings (SSSR count). The third kappa shape index (κ3) is 10.7. The van der Waals surface area contributed by atoms with E-state index in [1.807, 2.05) is 120 Å². The van der Waals surface area contributed by atoms with E-state index in [1.165, 1.54) is 22.9 Å². The zero-order valence-electron chi connectivity index (χ0n) is 74.7. The van der Waals surface area contributed by atoms with Crippen LogP contribution < -0.4 is 21.5 Å². The van der Waals surface area contributed by atoms with Gasteiger partial charge in [-0.25, -0.2) is 29.7 Å². The van der Waals surface area contributed by atoms with E-state index in [9.17, 15) is 14.2 Å². The number of oxazole rings is 1. The second-order valence-corrected chi connectivity index (χ2v) is 40.4. The van der Waals surface area contributed by atoms with Gasteiger partial charge in [0.05, 0.1) is 68.2 Å². The summed E-state index contributed by atoms with van der Waals surface area (Å²) in [5.41, 5.74) is -21.0. The quantitative estimate of drug-likeness (QED) is 0.0264. The van der Waals surface area contributed by atoms with Gasteiger partial charge in [0.15, 0.2) is 57.2 Å². The number of imidazole rings is 2. The van der Waals surface area contributed by atoms with Crippen molar-refractivity contribution in [3.8, 4) is 0 Å². The summed E-state index contributed by atoms with van der Waals surface area (Å²) in [6, 6.07) is 24.5. The van der Waals surface area contributed by atoms with E-state index < -0.39 is 90.9 Å². The van der Waals surface area contributed by atoms with Gasteiger partial charge in [0, 0.05) is 184 Å². The molecule has 13 aliphatic rings. The monoisotopic (exact) mass is 1970 g/mol. The molecule has 0 aromatic carbocycles. The van der Waals surface area contributed by atoms with Crippen LogP contribution in [0.15, 0.2) is 253 Å². The number of aromatic nitrogens is 19. The molecule has 15 unspecified atom stereocenters. The van der Waals surface area contributed by atoms with Crippen LogP contribution in [0, 0.1) is 0 Å². The molecule has 0 radical (unpaired) electrons. The van der Waals surface area contributed by atoms with Gasteiger partial charge in [-0.05, 0) is 133 Å². The zero-order valence-corrected chi connectivity index (χ0v) is 78.7. The molecule has 714 valence electrons. The van der Waals surface area contributed by atoms with Crippen molar-refractivity contribution in [3.63, 3.8) is 0 Å². The summed E-state index contributed by atoms with van der Waals surface area (Å²) < 4.78 is 98.3. The molecule has 27 heterocycles. The number of ether oxygens (including phenoxy) is 6. The molecular formula is C91H95N33O10S5. The Bertz CT molecular complexity index is 6570. The number of H-pyrrole nitrogens is 5. The molecule has 0 aliphatic carbocycles. The topological polar surface area (TPSA) is 457 Å². The van der Waals surface area contributed by atoms with E-state index >= 15 is 0 Å². The number of likely N-dealkylation sites (tertiary alicyclic amines) is 3. The minimum atomic E-state index is -3.18. The fourth-order valence-electron chi connectivity index (χ4n) is 26.5. The average molecular weight is 1970 g/mol. The number of aliphatic imine (C=N–C) groups is 1. The summed E-state index contributed by atoms with van der Waals surface area (Å²) in [5.74, 6) is -1.44. The molecule has 14 aromatic rings. The van der Waals surface area contributed by atoms with Crippen LogP contribution in [-0.2, 0) is 90.0 Å². The molecule has 9 fully saturated rings. The highest BCUT2D eigenvalue weighted by atomic mass is 32.2. The van der Waals surface area contributed by atoms with Gasteiger partial charge >= 0.3 is 0 Å². The number of nitrogens with one attached hydrogen (secondary N) is 9. The Kier molecular flexibility index (Phi) is 20.6. The fourth-order valence-corrected chi connectivity index (χ4v) is 30.7. The van der Waals surface area contributed by atoms with Crippen LogP contribution in [0.2, 0.25) is 0 Å². The highest BCUT2D eigenvalue weighted by Gasteiger charge is 3.02.